The predicted molar refractivity (Wildman–Crippen MR) is 118 cm³/mol. The van der Waals surface area contributed by atoms with Gasteiger partial charge in [0.15, 0.2) is 12.4 Å². The van der Waals surface area contributed by atoms with E-state index in [1.165, 1.54) is 12.1 Å². The summed E-state index contributed by atoms with van der Waals surface area (Å²) in [6.07, 6.45) is 0. The molecular weight excluding hydrogens is 416 g/mol. The summed E-state index contributed by atoms with van der Waals surface area (Å²) in [4.78, 5) is 31.8. The summed E-state index contributed by atoms with van der Waals surface area (Å²) >= 11 is 1.64. The van der Waals surface area contributed by atoms with Crippen molar-refractivity contribution >= 4 is 22.9 Å². The maximum Gasteiger partial charge on any atom is 0.310 e. The van der Waals surface area contributed by atoms with E-state index in [2.05, 4.69) is 22.4 Å². The van der Waals surface area contributed by atoms with Crippen LogP contribution in [0.3, 0.4) is 0 Å². The molecule has 1 aliphatic rings. The fourth-order valence-electron chi connectivity index (χ4n) is 3.44. The Bertz CT molecular complexity index is 1050. The summed E-state index contributed by atoms with van der Waals surface area (Å²) in [5, 5.41) is 14.2. The lowest BCUT2D eigenvalue weighted by Crippen LogP contribution is -2.49. The number of nitro benzene ring substituents is 1. The highest BCUT2D eigenvalue weighted by atomic mass is 32.1. The zero-order chi connectivity index (χ0) is 21.6. The fourth-order valence-corrected chi connectivity index (χ4v) is 4.26. The average Bonchev–Trinajstić information content (AvgIpc) is 3.27. The number of ether oxygens (including phenoxy) is 1. The Morgan fingerprint density at radius 1 is 1.06 bits per heavy atom. The number of rotatable bonds is 7. The summed E-state index contributed by atoms with van der Waals surface area (Å²) in [6, 6.07) is 16.2. The van der Waals surface area contributed by atoms with Crippen LogP contribution in [0.1, 0.15) is 5.69 Å². The molecular formula is C22H22N4O4S. The maximum absolute atomic E-state index is 12.5. The highest BCUT2D eigenvalue weighted by Gasteiger charge is 2.23. The van der Waals surface area contributed by atoms with E-state index in [1.807, 2.05) is 18.2 Å². The number of piperazine rings is 1. The van der Waals surface area contributed by atoms with Crippen molar-refractivity contribution < 1.29 is 14.5 Å². The van der Waals surface area contributed by atoms with Crippen LogP contribution >= 0.6 is 11.3 Å². The minimum atomic E-state index is -0.514. The standard InChI is InChI=1S/C22H22N4O4S/c27-21(15-30-20-9-5-4-8-19(20)26(28)29)25-12-10-24(11-13-25)14-18-16-31-22(23-18)17-6-2-1-3-7-17/h1-9,16H,10-15H2. The van der Waals surface area contributed by atoms with E-state index in [0.29, 0.717) is 13.1 Å². The Labute approximate surface area is 183 Å². The topological polar surface area (TPSA) is 88.8 Å². The number of hydrogen-bond donors (Lipinski definition) is 0. The molecule has 0 N–H and O–H groups in total. The molecule has 160 valence electrons. The van der Waals surface area contributed by atoms with Crippen LogP contribution in [-0.4, -0.2) is 58.4 Å². The van der Waals surface area contributed by atoms with Gasteiger partial charge in [-0.1, -0.05) is 42.5 Å². The van der Waals surface area contributed by atoms with Crippen LogP contribution in [0.2, 0.25) is 0 Å². The molecule has 0 atom stereocenters. The second-order valence-electron chi connectivity index (χ2n) is 7.18. The first-order valence-electron chi connectivity index (χ1n) is 9.96. The molecule has 1 amide bonds. The van der Waals surface area contributed by atoms with Crippen molar-refractivity contribution in [2.24, 2.45) is 0 Å². The third-order valence-electron chi connectivity index (χ3n) is 5.10. The Morgan fingerprint density at radius 2 is 1.77 bits per heavy atom. The number of hydrogen-bond acceptors (Lipinski definition) is 7. The maximum atomic E-state index is 12.5. The molecule has 9 heteroatoms. The van der Waals surface area contributed by atoms with Crippen molar-refractivity contribution in [2.45, 2.75) is 6.54 Å². The summed E-state index contributed by atoms with van der Waals surface area (Å²) < 4.78 is 5.43. The van der Waals surface area contributed by atoms with Crippen molar-refractivity contribution in [3.8, 4) is 16.3 Å². The lowest BCUT2D eigenvalue weighted by Gasteiger charge is -2.34. The number of aromatic nitrogens is 1. The minimum absolute atomic E-state index is 0.109. The number of para-hydroxylation sites is 2. The molecule has 3 aromatic rings. The van der Waals surface area contributed by atoms with Crippen LogP contribution in [0, 0.1) is 10.1 Å². The van der Waals surface area contributed by atoms with Gasteiger partial charge < -0.3 is 9.64 Å². The van der Waals surface area contributed by atoms with Crippen LogP contribution in [0.5, 0.6) is 5.75 Å². The second-order valence-corrected chi connectivity index (χ2v) is 8.04. The van der Waals surface area contributed by atoms with E-state index in [0.717, 1.165) is 35.9 Å². The Hall–Kier alpha value is -3.30. The van der Waals surface area contributed by atoms with Crippen molar-refractivity contribution in [2.75, 3.05) is 32.8 Å². The van der Waals surface area contributed by atoms with E-state index in [-0.39, 0.29) is 24.0 Å². The monoisotopic (exact) mass is 438 g/mol. The van der Waals surface area contributed by atoms with E-state index in [1.54, 1.807) is 28.4 Å². The minimum Gasteiger partial charge on any atom is -0.477 e. The Kier molecular flexibility index (Phi) is 6.54. The lowest BCUT2D eigenvalue weighted by molar-refractivity contribution is -0.385. The lowest BCUT2D eigenvalue weighted by atomic mass is 10.2. The van der Waals surface area contributed by atoms with Crippen LogP contribution in [0.15, 0.2) is 60.0 Å². The zero-order valence-electron chi connectivity index (χ0n) is 16.8. The first-order valence-corrected chi connectivity index (χ1v) is 10.8. The van der Waals surface area contributed by atoms with E-state index in [9.17, 15) is 14.9 Å². The quantitative estimate of drug-likeness (QED) is 0.415. The molecule has 0 spiro atoms. The second kappa shape index (κ2) is 9.67. The molecule has 1 aliphatic heterocycles. The van der Waals surface area contributed by atoms with Gasteiger partial charge in [-0.05, 0) is 6.07 Å². The van der Waals surface area contributed by atoms with Gasteiger partial charge in [-0.25, -0.2) is 4.98 Å². The summed E-state index contributed by atoms with van der Waals surface area (Å²) in [5.74, 6) is -0.0601. The van der Waals surface area contributed by atoms with Gasteiger partial charge >= 0.3 is 5.69 Å². The molecule has 0 bridgehead atoms. The molecule has 1 aromatic heterocycles. The predicted octanol–water partition coefficient (Wildman–Crippen LogP) is 3.44. The molecule has 0 radical (unpaired) electrons. The normalized spacial score (nSPS) is 14.4. The molecule has 0 unspecified atom stereocenters. The molecule has 2 aromatic carbocycles. The van der Waals surface area contributed by atoms with Gasteiger partial charge in [-0.2, -0.15) is 0 Å². The van der Waals surface area contributed by atoms with Gasteiger partial charge in [0.05, 0.1) is 10.6 Å². The number of nitrogens with zero attached hydrogens (tertiary/aromatic N) is 4. The summed E-state index contributed by atoms with van der Waals surface area (Å²) in [7, 11) is 0. The van der Waals surface area contributed by atoms with Gasteiger partial charge in [0.1, 0.15) is 5.01 Å². The molecule has 8 nitrogen and oxygen atoms in total. The fraction of sp³-hybridized carbons (Fsp3) is 0.273. The molecule has 1 fully saturated rings. The first-order chi connectivity index (χ1) is 15.1. The van der Waals surface area contributed by atoms with E-state index < -0.39 is 4.92 Å². The highest BCUT2D eigenvalue weighted by Crippen LogP contribution is 2.26. The highest BCUT2D eigenvalue weighted by molar-refractivity contribution is 7.13. The SMILES string of the molecule is O=C(COc1ccccc1[N+](=O)[O-])N1CCN(Cc2csc(-c3ccccc3)n2)CC1. The number of thiazole rings is 1. The van der Waals surface area contributed by atoms with Gasteiger partial charge in [-0.3, -0.25) is 19.8 Å². The molecule has 1 saturated heterocycles. The third-order valence-corrected chi connectivity index (χ3v) is 6.04. The molecule has 4 rings (SSSR count). The van der Waals surface area contributed by atoms with Crippen molar-refractivity contribution in [3.63, 3.8) is 0 Å². The van der Waals surface area contributed by atoms with Crippen LogP contribution < -0.4 is 4.74 Å². The van der Waals surface area contributed by atoms with Crippen LogP contribution in [-0.2, 0) is 11.3 Å². The largest absolute Gasteiger partial charge is 0.477 e. The third kappa shape index (κ3) is 5.25. The smallest absolute Gasteiger partial charge is 0.310 e. The molecule has 31 heavy (non-hydrogen) atoms. The Morgan fingerprint density at radius 3 is 2.52 bits per heavy atom. The number of carbonyl (C=O) groups excluding carboxylic acids is 1. The van der Waals surface area contributed by atoms with E-state index in [4.69, 9.17) is 9.72 Å². The molecule has 0 saturated carbocycles. The molecule has 2 heterocycles. The van der Waals surface area contributed by atoms with Crippen LogP contribution in [0.25, 0.3) is 10.6 Å². The van der Waals surface area contributed by atoms with Crippen molar-refractivity contribution in [1.82, 2.24) is 14.8 Å². The number of benzene rings is 2. The zero-order valence-corrected chi connectivity index (χ0v) is 17.7. The number of nitro groups is 1. The summed E-state index contributed by atoms with van der Waals surface area (Å²) in [5.41, 5.74) is 2.01. The first kappa shape index (κ1) is 21.0. The van der Waals surface area contributed by atoms with Gasteiger partial charge in [-0.15, -0.1) is 11.3 Å². The molecule has 0 aliphatic carbocycles. The van der Waals surface area contributed by atoms with Crippen molar-refractivity contribution in [1.29, 1.82) is 0 Å². The van der Waals surface area contributed by atoms with Crippen LogP contribution in [0.4, 0.5) is 5.69 Å². The number of carbonyl (C=O) groups is 1. The average molecular weight is 439 g/mol. The summed E-state index contributed by atoms with van der Waals surface area (Å²) in [6.45, 7) is 3.21. The van der Waals surface area contributed by atoms with Gasteiger partial charge in [0, 0.05) is 49.7 Å². The van der Waals surface area contributed by atoms with Gasteiger partial charge in [0.25, 0.3) is 5.91 Å². The van der Waals surface area contributed by atoms with Gasteiger partial charge in [0.2, 0.25) is 0 Å². The van der Waals surface area contributed by atoms with E-state index >= 15 is 0 Å². The Balaban J connectivity index is 1.26. The van der Waals surface area contributed by atoms with Crippen molar-refractivity contribution in [3.05, 3.63) is 75.8 Å². The number of amides is 1.